The lowest BCUT2D eigenvalue weighted by atomic mass is 10.2. The maximum Gasteiger partial charge on any atom is 0.0277 e. The van der Waals surface area contributed by atoms with Crippen LogP contribution >= 0.6 is 23.1 Å². The van der Waals surface area contributed by atoms with Crippen molar-refractivity contribution in [2.24, 2.45) is 0 Å². The molecule has 0 nitrogen and oxygen atoms in total. The van der Waals surface area contributed by atoms with Gasteiger partial charge in [0.2, 0.25) is 0 Å². The van der Waals surface area contributed by atoms with Gasteiger partial charge in [-0.2, -0.15) is 11.8 Å². The minimum absolute atomic E-state index is 0.659. The SMILES string of the molecule is CSC(C)c1ccsc1C. The number of thiophene rings is 1. The molecule has 0 amide bonds. The van der Waals surface area contributed by atoms with Gasteiger partial charge in [-0.25, -0.2) is 0 Å². The van der Waals surface area contributed by atoms with Crippen molar-refractivity contribution in [3.8, 4) is 0 Å². The average Bonchev–Trinajstić information content (AvgIpc) is 2.34. The van der Waals surface area contributed by atoms with E-state index in [1.165, 1.54) is 10.4 Å². The van der Waals surface area contributed by atoms with E-state index in [4.69, 9.17) is 0 Å². The Bertz CT molecular complexity index is 203. The van der Waals surface area contributed by atoms with Gasteiger partial charge in [-0.1, -0.05) is 0 Å². The summed E-state index contributed by atoms with van der Waals surface area (Å²) in [7, 11) is 0. The molecule has 56 valence electrons. The zero-order valence-corrected chi connectivity index (χ0v) is 8.18. The first-order valence-electron chi connectivity index (χ1n) is 3.32. The lowest BCUT2D eigenvalue weighted by molar-refractivity contribution is 1.10. The molecular weight excluding hydrogens is 160 g/mol. The molecule has 1 heterocycles. The van der Waals surface area contributed by atoms with Crippen molar-refractivity contribution in [1.29, 1.82) is 0 Å². The second kappa shape index (κ2) is 3.44. The van der Waals surface area contributed by atoms with E-state index in [1.54, 1.807) is 0 Å². The molecule has 0 radical (unpaired) electrons. The molecule has 0 saturated carbocycles. The maximum absolute atomic E-state index is 2.25. The van der Waals surface area contributed by atoms with E-state index in [1.807, 2.05) is 23.1 Å². The van der Waals surface area contributed by atoms with Crippen molar-refractivity contribution >= 4 is 23.1 Å². The summed E-state index contributed by atoms with van der Waals surface area (Å²) >= 11 is 3.74. The number of thioether (sulfide) groups is 1. The molecule has 0 fully saturated rings. The van der Waals surface area contributed by atoms with Gasteiger partial charge in [0.25, 0.3) is 0 Å². The quantitative estimate of drug-likeness (QED) is 0.658. The second-order valence-corrected chi connectivity index (χ2v) is 4.61. The fourth-order valence-corrected chi connectivity index (χ4v) is 2.33. The van der Waals surface area contributed by atoms with Crippen LogP contribution in [0.3, 0.4) is 0 Å². The first-order valence-corrected chi connectivity index (χ1v) is 5.49. The molecule has 0 aliphatic heterocycles. The van der Waals surface area contributed by atoms with Crippen LogP contribution in [-0.4, -0.2) is 6.26 Å². The molecule has 1 atom stereocenters. The molecule has 0 N–H and O–H groups in total. The second-order valence-electron chi connectivity index (χ2n) is 2.31. The molecule has 0 aromatic carbocycles. The Balaban J connectivity index is 2.82. The van der Waals surface area contributed by atoms with E-state index in [0.29, 0.717) is 5.25 Å². The Morgan fingerprint density at radius 1 is 1.60 bits per heavy atom. The lowest BCUT2D eigenvalue weighted by Gasteiger charge is -2.05. The van der Waals surface area contributed by atoms with Gasteiger partial charge in [-0.3, -0.25) is 0 Å². The Kier molecular flexibility index (Phi) is 2.81. The predicted molar refractivity (Wildman–Crippen MR) is 51.0 cm³/mol. The molecule has 0 spiro atoms. The van der Waals surface area contributed by atoms with Crippen LogP contribution in [0.2, 0.25) is 0 Å². The van der Waals surface area contributed by atoms with Crippen molar-refractivity contribution in [2.75, 3.05) is 6.26 Å². The Morgan fingerprint density at radius 3 is 2.70 bits per heavy atom. The summed E-state index contributed by atoms with van der Waals surface area (Å²) in [6, 6.07) is 2.22. The highest BCUT2D eigenvalue weighted by Gasteiger charge is 2.06. The summed E-state index contributed by atoms with van der Waals surface area (Å²) in [4.78, 5) is 1.46. The van der Waals surface area contributed by atoms with Crippen LogP contribution < -0.4 is 0 Å². The normalized spacial score (nSPS) is 13.5. The predicted octanol–water partition coefficient (Wildman–Crippen LogP) is 3.48. The fourth-order valence-electron chi connectivity index (χ4n) is 0.944. The highest BCUT2D eigenvalue weighted by molar-refractivity contribution is 7.98. The Labute approximate surface area is 70.7 Å². The number of aryl methyl sites for hydroxylation is 1. The molecule has 1 rings (SSSR count). The van der Waals surface area contributed by atoms with Crippen LogP contribution in [0.4, 0.5) is 0 Å². The maximum atomic E-state index is 2.25. The van der Waals surface area contributed by atoms with Crippen LogP contribution in [-0.2, 0) is 0 Å². The van der Waals surface area contributed by atoms with Crippen molar-refractivity contribution in [3.63, 3.8) is 0 Å². The molecule has 1 aromatic heterocycles. The van der Waals surface area contributed by atoms with Crippen molar-refractivity contribution in [3.05, 3.63) is 21.9 Å². The van der Waals surface area contributed by atoms with Gasteiger partial charge >= 0.3 is 0 Å². The van der Waals surface area contributed by atoms with Crippen LogP contribution in [0.1, 0.15) is 22.6 Å². The Morgan fingerprint density at radius 2 is 2.30 bits per heavy atom. The van der Waals surface area contributed by atoms with Crippen molar-refractivity contribution in [1.82, 2.24) is 0 Å². The minimum Gasteiger partial charge on any atom is -0.157 e. The van der Waals surface area contributed by atoms with Gasteiger partial charge in [-0.05, 0) is 37.1 Å². The van der Waals surface area contributed by atoms with Crippen molar-refractivity contribution in [2.45, 2.75) is 19.1 Å². The van der Waals surface area contributed by atoms with E-state index in [2.05, 4.69) is 31.5 Å². The molecular formula is C8H12S2. The van der Waals surface area contributed by atoms with E-state index in [-0.39, 0.29) is 0 Å². The van der Waals surface area contributed by atoms with E-state index < -0.39 is 0 Å². The third-order valence-electron chi connectivity index (χ3n) is 1.69. The first kappa shape index (κ1) is 8.15. The minimum atomic E-state index is 0.659. The van der Waals surface area contributed by atoms with Gasteiger partial charge < -0.3 is 0 Å². The van der Waals surface area contributed by atoms with Crippen LogP contribution in [0, 0.1) is 6.92 Å². The summed E-state index contributed by atoms with van der Waals surface area (Å²) in [5, 5.41) is 2.82. The standard InChI is InChI=1S/C8H12S2/c1-6(9-3)8-4-5-10-7(8)2/h4-6H,1-3H3. The summed E-state index contributed by atoms with van der Waals surface area (Å²) < 4.78 is 0. The van der Waals surface area contributed by atoms with Gasteiger partial charge in [0.05, 0.1) is 0 Å². The van der Waals surface area contributed by atoms with E-state index >= 15 is 0 Å². The van der Waals surface area contributed by atoms with Gasteiger partial charge in [0.1, 0.15) is 0 Å². The van der Waals surface area contributed by atoms with Gasteiger partial charge in [-0.15, -0.1) is 11.3 Å². The average molecular weight is 172 g/mol. The zero-order valence-electron chi connectivity index (χ0n) is 6.55. The zero-order chi connectivity index (χ0) is 7.56. The third kappa shape index (κ3) is 1.55. The highest BCUT2D eigenvalue weighted by Crippen LogP contribution is 2.30. The number of hydrogen-bond donors (Lipinski definition) is 0. The van der Waals surface area contributed by atoms with Crippen LogP contribution in [0.5, 0.6) is 0 Å². The number of rotatable bonds is 2. The third-order valence-corrected chi connectivity index (χ3v) is 3.51. The fraction of sp³-hybridized carbons (Fsp3) is 0.500. The highest BCUT2D eigenvalue weighted by atomic mass is 32.2. The Hall–Kier alpha value is 0.0500. The van der Waals surface area contributed by atoms with E-state index in [0.717, 1.165) is 0 Å². The summed E-state index contributed by atoms with van der Waals surface area (Å²) in [6.45, 7) is 4.44. The lowest BCUT2D eigenvalue weighted by Crippen LogP contribution is -1.84. The monoisotopic (exact) mass is 172 g/mol. The smallest absolute Gasteiger partial charge is 0.0277 e. The molecule has 0 aliphatic carbocycles. The molecule has 2 heteroatoms. The number of hydrogen-bond acceptors (Lipinski definition) is 2. The van der Waals surface area contributed by atoms with Gasteiger partial charge in [0, 0.05) is 10.1 Å². The molecule has 0 bridgehead atoms. The van der Waals surface area contributed by atoms with E-state index in [9.17, 15) is 0 Å². The molecule has 1 unspecified atom stereocenters. The topological polar surface area (TPSA) is 0 Å². The molecule has 1 aromatic rings. The molecule has 0 saturated heterocycles. The van der Waals surface area contributed by atoms with Crippen LogP contribution in [0.25, 0.3) is 0 Å². The summed E-state index contributed by atoms with van der Waals surface area (Å²) in [5.41, 5.74) is 1.50. The first-order chi connectivity index (χ1) is 4.75. The van der Waals surface area contributed by atoms with Crippen molar-refractivity contribution < 1.29 is 0 Å². The molecule has 10 heavy (non-hydrogen) atoms. The largest absolute Gasteiger partial charge is 0.157 e. The summed E-state index contributed by atoms with van der Waals surface area (Å²) in [6.07, 6.45) is 2.15. The summed E-state index contributed by atoms with van der Waals surface area (Å²) in [5.74, 6) is 0. The van der Waals surface area contributed by atoms with Gasteiger partial charge in [0.15, 0.2) is 0 Å². The molecule has 0 aliphatic rings. The van der Waals surface area contributed by atoms with Crippen LogP contribution in [0.15, 0.2) is 11.4 Å².